The van der Waals surface area contributed by atoms with E-state index >= 15 is 0 Å². The first-order valence-corrected chi connectivity index (χ1v) is 25.4. The number of rotatable bonds is 6. The minimum Gasteiger partial charge on any atom is -0.310 e. The SMILES string of the molecule is c1ccc([Si]2(c3cccc(-c4ccc(N(c5ccc6c(c5)-c5ccccc5C65c6ccccc6-c6ccccc65)c5ccc6ccccc6c5)cc4)c3)c3ccccc3-c3ccccc32)cc1. The van der Waals surface area contributed by atoms with Crippen molar-refractivity contribution in [3.8, 4) is 44.5 Å². The summed E-state index contributed by atoms with van der Waals surface area (Å²) < 4.78 is 0. The highest BCUT2D eigenvalue weighted by Gasteiger charge is 2.52. The van der Waals surface area contributed by atoms with Gasteiger partial charge in [0, 0.05) is 17.1 Å². The summed E-state index contributed by atoms with van der Waals surface area (Å²) in [7, 11) is -2.62. The molecule has 0 amide bonds. The van der Waals surface area contributed by atoms with E-state index in [1.165, 1.54) is 98.3 Å². The van der Waals surface area contributed by atoms with Crippen LogP contribution in [-0.4, -0.2) is 8.07 Å². The number of benzene rings is 11. The van der Waals surface area contributed by atoms with Crippen LogP contribution in [0, 0.1) is 0 Å². The monoisotopic (exact) mass is 865 g/mol. The minimum atomic E-state index is -2.62. The highest BCUT2D eigenvalue weighted by Crippen LogP contribution is 2.63. The Labute approximate surface area is 392 Å². The maximum Gasteiger partial charge on any atom is 0.180 e. The Balaban J connectivity index is 0.920. The van der Waals surface area contributed by atoms with E-state index in [0.29, 0.717) is 0 Å². The fourth-order valence-corrected chi connectivity index (χ4v) is 17.7. The Morgan fingerprint density at radius 3 is 1.40 bits per heavy atom. The van der Waals surface area contributed by atoms with Crippen molar-refractivity contribution in [2.75, 3.05) is 4.90 Å². The predicted molar refractivity (Wildman–Crippen MR) is 283 cm³/mol. The molecule has 0 saturated carbocycles. The van der Waals surface area contributed by atoms with Gasteiger partial charge in [-0.2, -0.15) is 0 Å². The fraction of sp³-hybridized carbons (Fsp3) is 0.0154. The highest BCUT2D eigenvalue weighted by molar-refractivity contribution is 7.22. The van der Waals surface area contributed by atoms with Gasteiger partial charge in [0.2, 0.25) is 0 Å². The number of fused-ring (bicyclic) bond motifs is 14. The predicted octanol–water partition coefficient (Wildman–Crippen LogP) is 13.7. The van der Waals surface area contributed by atoms with Crippen molar-refractivity contribution in [3.63, 3.8) is 0 Å². The van der Waals surface area contributed by atoms with E-state index in [0.717, 1.165) is 17.1 Å². The van der Waals surface area contributed by atoms with Crippen LogP contribution in [0.3, 0.4) is 0 Å². The van der Waals surface area contributed by atoms with Crippen LogP contribution in [0.5, 0.6) is 0 Å². The van der Waals surface area contributed by atoms with E-state index in [4.69, 9.17) is 0 Å². The third-order valence-corrected chi connectivity index (χ3v) is 20.0. The van der Waals surface area contributed by atoms with Crippen LogP contribution >= 0.6 is 0 Å². The van der Waals surface area contributed by atoms with Crippen LogP contribution in [-0.2, 0) is 5.41 Å². The zero-order valence-corrected chi connectivity index (χ0v) is 37.8. The van der Waals surface area contributed by atoms with E-state index < -0.39 is 8.07 Å². The summed E-state index contributed by atoms with van der Waals surface area (Å²) in [6.07, 6.45) is 0. The Morgan fingerprint density at radius 2 is 0.746 bits per heavy atom. The van der Waals surface area contributed by atoms with Crippen molar-refractivity contribution in [2.45, 2.75) is 5.41 Å². The summed E-state index contributed by atoms with van der Waals surface area (Å²) in [5.74, 6) is 0. The second kappa shape index (κ2) is 14.6. The average Bonchev–Trinajstić information content (AvgIpc) is 3.99. The van der Waals surface area contributed by atoms with Gasteiger partial charge in [-0.3, -0.25) is 0 Å². The molecular formula is C65H43NSi. The van der Waals surface area contributed by atoms with Gasteiger partial charge >= 0.3 is 0 Å². The molecule has 0 N–H and O–H groups in total. The molecule has 2 aliphatic carbocycles. The zero-order chi connectivity index (χ0) is 44.1. The average molecular weight is 866 g/mol. The van der Waals surface area contributed by atoms with Crippen molar-refractivity contribution in [1.29, 1.82) is 0 Å². The molecular weight excluding hydrogens is 823 g/mol. The lowest BCUT2D eigenvalue weighted by atomic mass is 9.70. The van der Waals surface area contributed by atoms with Crippen molar-refractivity contribution in [2.24, 2.45) is 0 Å². The van der Waals surface area contributed by atoms with Gasteiger partial charge in [-0.15, -0.1) is 0 Å². The standard InChI is InChI=1S/C65H43NSi/c1-2-20-51(21-3-1)67(63-31-14-9-26-56(63)57-27-10-15-32-64(57)67)52-22-16-19-47(42-52)45-33-36-48(37-34-45)66(49-38-35-44-17-4-5-18-46(44)41-49)50-39-40-62-58(43-50)55-25-8-13-30-61(55)65(62)59-28-11-6-23-53(59)54-24-7-12-29-60(54)65/h1-43H. The van der Waals surface area contributed by atoms with E-state index in [1.807, 2.05) is 0 Å². The summed E-state index contributed by atoms with van der Waals surface area (Å²) in [6.45, 7) is 0. The third kappa shape index (κ3) is 5.30. The number of hydrogen-bond donors (Lipinski definition) is 0. The van der Waals surface area contributed by atoms with Crippen LogP contribution in [0.25, 0.3) is 55.3 Å². The molecule has 0 saturated heterocycles. The quantitative estimate of drug-likeness (QED) is 0.151. The van der Waals surface area contributed by atoms with Gasteiger partial charge in [0.25, 0.3) is 0 Å². The van der Waals surface area contributed by atoms with Crippen molar-refractivity contribution in [1.82, 2.24) is 0 Å². The largest absolute Gasteiger partial charge is 0.310 e. The first-order chi connectivity index (χ1) is 33.2. The molecule has 11 aromatic carbocycles. The second-order valence-corrected chi connectivity index (χ2v) is 22.1. The molecule has 1 heterocycles. The second-order valence-electron chi connectivity index (χ2n) is 18.3. The molecule has 1 nitrogen and oxygen atoms in total. The van der Waals surface area contributed by atoms with Gasteiger partial charge in [0.15, 0.2) is 8.07 Å². The fourth-order valence-electron chi connectivity index (χ4n) is 12.4. The molecule has 1 spiro atoms. The molecule has 312 valence electrons. The molecule has 0 atom stereocenters. The molecule has 1 aliphatic heterocycles. The van der Waals surface area contributed by atoms with E-state index in [9.17, 15) is 0 Å². The van der Waals surface area contributed by atoms with Gasteiger partial charge < -0.3 is 4.90 Å². The van der Waals surface area contributed by atoms with Crippen LogP contribution in [0.1, 0.15) is 22.3 Å². The van der Waals surface area contributed by atoms with Crippen molar-refractivity contribution in [3.05, 3.63) is 283 Å². The van der Waals surface area contributed by atoms with E-state index in [2.05, 4.69) is 266 Å². The molecule has 0 unspecified atom stereocenters. The summed E-state index contributed by atoms with van der Waals surface area (Å²) in [6, 6.07) is 98.2. The normalized spacial score (nSPS) is 13.9. The Hall–Kier alpha value is -8.30. The van der Waals surface area contributed by atoms with Gasteiger partial charge in [0.05, 0.1) is 5.41 Å². The summed E-state index contributed by atoms with van der Waals surface area (Å²) in [5, 5.41) is 8.19. The van der Waals surface area contributed by atoms with Gasteiger partial charge in [0.1, 0.15) is 0 Å². The maximum absolute atomic E-state index is 2.62. The number of hydrogen-bond acceptors (Lipinski definition) is 1. The summed E-state index contributed by atoms with van der Waals surface area (Å²) in [4.78, 5) is 2.45. The Bertz CT molecular complexity index is 3680. The molecule has 0 radical (unpaired) electrons. The molecule has 3 aliphatic rings. The lowest BCUT2D eigenvalue weighted by Gasteiger charge is -2.31. The van der Waals surface area contributed by atoms with Crippen LogP contribution in [0.4, 0.5) is 17.1 Å². The summed E-state index contributed by atoms with van der Waals surface area (Å²) >= 11 is 0. The van der Waals surface area contributed by atoms with Crippen LogP contribution < -0.4 is 25.6 Å². The van der Waals surface area contributed by atoms with E-state index in [-0.39, 0.29) is 5.41 Å². The third-order valence-electron chi connectivity index (χ3n) is 15.1. The van der Waals surface area contributed by atoms with E-state index in [1.54, 1.807) is 0 Å². The minimum absolute atomic E-state index is 0.383. The van der Waals surface area contributed by atoms with Gasteiger partial charge in [-0.1, -0.05) is 224 Å². The zero-order valence-electron chi connectivity index (χ0n) is 36.8. The molecule has 0 bridgehead atoms. The molecule has 2 heteroatoms. The molecule has 11 aromatic rings. The van der Waals surface area contributed by atoms with Crippen LogP contribution in [0.15, 0.2) is 261 Å². The maximum atomic E-state index is 2.49. The Kier molecular flexibility index (Phi) is 8.28. The Morgan fingerprint density at radius 1 is 0.269 bits per heavy atom. The summed E-state index contributed by atoms with van der Waals surface area (Å²) in [5.41, 5.74) is 18.8. The first kappa shape index (κ1) is 38.0. The number of anilines is 3. The smallest absolute Gasteiger partial charge is 0.180 e. The molecule has 14 rings (SSSR count). The first-order valence-electron chi connectivity index (χ1n) is 23.4. The lowest BCUT2D eigenvalue weighted by molar-refractivity contribution is 0.794. The lowest BCUT2D eigenvalue weighted by Crippen LogP contribution is -2.72. The molecule has 0 fully saturated rings. The highest BCUT2D eigenvalue weighted by atomic mass is 28.3. The topological polar surface area (TPSA) is 3.24 Å². The molecule has 67 heavy (non-hydrogen) atoms. The molecule has 0 aromatic heterocycles. The van der Waals surface area contributed by atoms with Gasteiger partial charge in [-0.25, -0.2) is 0 Å². The van der Waals surface area contributed by atoms with Crippen molar-refractivity contribution < 1.29 is 0 Å². The van der Waals surface area contributed by atoms with Gasteiger partial charge in [-0.05, 0) is 135 Å². The number of nitrogens with zero attached hydrogens (tertiary/aromatic N) is 1. The van der Waals surface area contributed by atoms with Crippen molar-refractivity contribution >= 4 is 56.7 Å². The van der Waals surface area contributed by atoms with Crippen LogP contribution in [0.2, 0.25) is 0 Å².